The highest BCUT2D eigenvalue weighted by Crippen LogP contribution is 2.33. The number of halogens is 1. The van der Waals surface area contributed by atoms with Gasteiger partial charge in [-0.25, -0.2) is 4.68 Å². The van der Waals surface area contributed by atoms with E-state index in [1.54, 1.807) is 12.1 Å². The summed E-state index contributed by atoms with van der Waals surface area (Å²) in [7, 11) is -3.91. The SMILES string of the molecule is CC(C)=C(C)c1c(Cl)ccc(C(=O)c2cnn(CC(C)C)c2OS(=O)(=O)C(C)C)c1C. The molecule has 0 atom stereocenters. The first kappa shape index (κ1) is 25.1. The van der Waals surface area contributed by atoms with Crippen molar-refractivity contribution in [2.24, 2.45) is 5.92 Å². The van der Waals surface area contributed by atoms with Crippen LogP contribution in [0.15, 0.2) is 23.9 Å². The van der Waals surface area contributed by atoms with Crippen LogP contribution in [0.2, 0.25) is 5.02 Å². The molecule has 0 unspecified atom stereocenters. The number of carbonyl (C=O) groups excluding carboxylic acids is 1. The van der Waals surface area contributed by atoms with Crippen molar-refractivity contribution < 1.29 is 17.4 Å². The van der Waals surface area contributed by atoms with Gasteiger partial charge in [0.25, 0.3) is 0 Å². The van der Waals surface area contributed by atoms with E-state index in [4.69, 9.17) is 15.8 Å². The standard InChI is InChI=1S/C23H31ClN2O4S/c1-13(2)12-26-23(30-31(28,29)15(5)6)19(11-25-26)22(27)18-9-10-20(24)21(17(18)8)16(7)14(3)4/h9-11,13,15H,12H2,1-8H3. The zero-order chi connectivity index (χ0) is 23.7. The Kier molecular flexibility index (Phi) is 7.76. The number of aromatic nitrogens is 2. The summed E-state index contributed by atoms with van der Waals surface area (Å²) in [6.45, 7) is 15.2. The van der Waals surface area contributed by atoms with Crippen molar-refractivity contribution in [3.05, 3.63) is 51.2 Å². The van der Waals surface area contributed by atoms with E-state index in [0.29, 0.717) is 17.1 Å². The van der Waals surface area contributed by atoms with E-state index in [1.807, 2.05) is 41.5 Å². The van der Waals surface area contributed by atoms with Crippen molar-refractivity contribution in [2.75, 3.05) is 0 Å². The van der Waals surface area contributed by atoms with Crippen LogP contribution in [-0.2, 0) is 16.7 Å². The molecule has 0 amide bonds. The second-order valence-corrected chi connectivity index (χ2v) is 11.1. The first-order valence-electron chi connectivity index (χ1n) is 10.2. The zero-order valence-corrected chi connectivity index (χ0v) is 21.0. The Morgan fingerprint density at radius 1 is 1.13 bits per heavy atom. The molecule has 0 saturated carbocycles. The van der Waals surface area contributed by atoms with Gasteiger partial charge >= 0.3 is 10.1 Å². The smallest absolute Gasteiger partial charge is 0.313 e. The van der Waals surface area contributed by atoms with Crippen molar-refractivity contribution in [1.82, 2.24) is 9.78 Å². The molecule has 0 saturated heterocycles. The highest BCUT2D eigenvalue weighted by molar-refractivity contribution is 7.87. The van der Waals surface area contributed by atoms with E-state index in [9.17, 15) is 13.2 Å². The van der Waals surface area contributed by atoms with Crippen LogP contribution >= 0.6 is 11.6 Å². The molecule has 31 heavy (non-hydrogen) atoms. The predicted octanol–water partition coefficient (Wildman–Crippen LogP) is 5.66. The van der Waals surface area contributed by atoms with Gasteiger partial charge in [-0.2, -0.15) is 13.5 Å². The molecule has 2 rings (SSSR count). The van der Waals surface area contributed by atoms with Crippen molar-refractivity contribution in [3.63, 3.8) is 0 Å². The molecule has 1 heterocycles. The lowest BCUT2D eigenvalue weighted by Gasteiger charge is -2.16. The fourth-order valence-corrected chi connectivity index (χ4v) is 4.01. The van der Waals surface area contributed by atoms with Crippen LogP contribution < -0.4 is 4.18 Å². The normalized spacial score (nSPS) is 11.8. The lowest BCUT2D eigenvalue weighted by molar-refractivity contribution is 0.103. The second kappa shape index (κ2) is 9.57. The van der Waals surface area contributed by atoms with E-state index >= 15 is 0 Å². The van der Waals surface area contributed by atoms with Gasteiger partial charge in [-0.1, -0.05) is 31.0 Å². The van der Waals surface area contributed by atoms with Gasteiger partial charge in [0.05, 0.1) is 11.4 Å². The molecule has 0 bridgehead atoms. The molecule has 6 nitrogen and oxygen atoms in total. The van der Waals surface area contributed by atoms with Crippen LogP contribution in [-0.4, -0.2) is 29.2 Å². The summed E-state index contributed by atoms with van der Waals surface area (Å²) in [5, 5.41) is 4.05. The Hall–Kier alpha value is -2.12. The average Bonchev–Trinajstić information content (AvgIpc) is 3.02. The Morgan fingerprint density at radius 3 is 2.26 bits per heavy atom. The number of ketones is 1. The fourth-order valence-electron chi connectivity index (χ4n) is 3.08. The molecule has 170 valence electrons. The number of allylic oxidation sites excluding steroid dienone is 2. The third-order valence-electron chi connectivity index (χ3n) is 5.13. The largest absolute Gasteiger partial charge is 0.361 e. The molecule has 0 aliphatic rings. The van der Waals surface area contributed by atoms with Gasteiger partial charge < -0.3 is 4.18 Å². The number of rotatable bonds is 8. The number of carbonyl (C=O) groups is 1. The third kappa shape index (κ3) is 5.39. The monoisotopic (exact) mass is 466 g/mol. The summed E-state index contributed by atoms with van der Waals surface area (Å²) in [6.07, 6.45) is 1.37. The minimum atomic E-state index is -3.91. The number of nitrogens with zero attached hydrogens (tertiary/aromatic N) is 2. The molecular formula is C23H31ClN2O4S. The highest BCUT2D eigenvalue weighted by atomic mass is 35.5. The maximum atomic E-state index is 13.5. The topological polar surface area (TPSA) is 78.3 Å². The van der Waals surface area contributed by atoms with Gasteiger partial charge in [-0.3, -0.25) is 4.79 Å². The summed E-state index contributed by atoms with van der Waals surface area (Å²) < 4.78 is 31.8. The summed E-state index contributed by atoms with van der Waals surface area (Å²) in [5.74, 6) is -0.237. The predicted molar refractivity (Wildman–Crippen MR) is 125 cm³/mol. The molecule has 0 N–H and O–H groups in total. The summed E-state index contributed by atoms with van der Waals surface area (Å²) in [5.41, 5.74) is 4.15. The summed E-state index contributed by atoms with van der Waals surface area (Å²) in [4.78, 5) is 13.5. The van der Waals surface area contributed by atoms with Crippen LogP contribution in [0.4, 0.5) is 0 Å². The van der Waals surface area contributed by atoms with Gasteiger partial charge in [-0.05, 0) is 76.3 Å². The Bertz CT molecular complexity index is 1120. The zero-order valence-electron chi connectivity index (χ0n) is 19.4. The Labute approximate surface area is 190 Å². The quantitative estimate of drug-likeness (QED) is 0.370. The van der Waals surface area contributed by atoms with Crippen molar-refractivity contribution >= 4 is 33.1 Å². The molecule has 2 aromatic rings. The van der Waals surface area contributed by atoms with Crippen LogP contribution in [0.5, 0.6) is 5.88 Å². The minimum Gasteiger partial charge on any atom is -0.361 e. The van der Waals surface area contributed by atoms with Crippen LogP contribution in [0, 0.1) is 12.8 Å². The maximum absolute atomic E-state index is 13.5. The molecular weight excluding hydrogens is 436 g/mol. The van der Waals surface area contributed by atoms with Crippen LogP contribution in [0.25, 0.3) is 5.57 Å². The van der Waals surface area contributed by atoms with E-state index in [1.165, 1.54) is 24.7 Å². The molecule has 1 aromatic carbocycles. The van der Waals surface area contributed by atoms with E-state index < -0.39 is 15.4 Å². The van der Waals surface area contributed by atoms with E-state index in [0.717, 1.165) is 22.3 Å². The molecule has 0 radical (unpaired) electrons. The lowest BCUT2D eigenvalue weighted by Crippen LogP contribution is -2.23. The molecule has 0 aliphatic carbocycles. The Morgan fingerprint density at radius 2 is 1.74 bits per heavy atom. The number of benzene rings is 1. The van der Waals surface area contributed by atoms with E-state index in [2.05, 4.69) is 5.10 Å². The van der Waals surface area contributed by atoms with Crippen molar-refractivity contribution in [3.8, 4) is 5.88 Å². The summed E-state index contributed by atoms with van der Waals surface area (Å²) >= 11 is 6.44. The van der Waals surface area contributed by atoms with Gasteiger partial charge in [0, 0.05) is 17.1 Å². The van der Waals surface area contributed by atoms with Crippen LogP contribution in [0.1, 0.15) is 75.5 Å². The van der Waals surface area contributed by atoms with Crippen LogP contribution in [0.3, 0.4) is 0 Å². The number of hydrogen-bond acceptors (Lipinski definition) is 5. The Balaban J connectivity index is 2.67. The molecule has 0 spiro atoms. The summed E-state index contributed by atoms with van der Waals surface area (Å²) in [6, 6.07) is 3.34. The van der Waals surface area contributed by atoms with Gasteiger partial charge in [0.2, 0.25) is 5.88 Å². The van der Waals surface area contributed by atoms with Gasteiger partial charge in [-0.15, -0.1) is 0 Å². The van der Waals surface area contributed by atoms with Gasteiger partial charge in [0.1, 0.15) is 5.56 Å². The third-order valence-corrected chi connectivity index (χ3v) is 6.99. The second-order valence-electron chi connectivity index (χ2n) is 8.61. The maximum Gasteiger partial charge on any atom is 0.313 e. The minimum absolute atomic E-state index is 0.0535. The molecule has 1 aromatic heterocycles. The molecule has 0 aliphatic heterocycles. The van der Waals surface area contributed by atoms with Gasteiger partial charge in [0.15, 0.2) is 5.78 Å². The highest BCUT2D eigenvalue weighted by Gasteiger charge is 2.28. The molecule has 0 fully saturated rings. The van der Waals surface area contributed by atoms with Crippen molar-refractivity contribution in [2.45, 2.75) is 67.2 Å². The fraction of sp³-hybridized carbons (Fsp3) is 0.478. The van der Waals surface area contributed by atoms with Crippen molar-refractivity contribution in [1.29, 1.82) is 0 Å². The lowest BCUT2D eigenvalue weighted by atomic mass is 9.92. The van der Waals surface area contributed by atoms with E-state index in [-0.39, 0.29) is 23.1 Å². The first-order chi connectivity index (χ1) is 14.3. The molecule has 8 heteroatoms. The number of hydrogen-bond donors (Lipinski definition) is 0. The average molecular weight is 467 g/mol. The first-order valence-corrected chi connectivity index (χ1v) is 12.1.